The van der Waals surface area contributed by atoms with Gasteiger partial charge in [0.15, 0.2) is 0 Å². The minimum atomic E-state index is -0.701. The third kappa shape index (κ3) is 5.24. The number of nitrogen functional groups attached to an aromatic ring is 1. The van der Waals surface area contributed by atoms with Crippen LogP contribution < -0.4 is 16.0 Å². The lowest BCUT2D eigenvalue weighted by molar-refractivity contribution is -0.115. The smallest absolute Gasteiger partial charge is 0.237 e. The van der Waals surface area contributed by atoms with Crippen LogP contribution in [0, 0.1) is 11.6 Å². The van der Waals surface area contributed by atoms with Crippen molar-refractivity contribution in [3.05, 3.63) is 35.7 Å². The Labute approximate surface area is 148 Å². The number of amides is 1. The molecule has 2 rings (SSSR count). The van der Waals surface area contributed by atoms with Gasteiger partial charge in [-0.2, -0.15) is 15.0 Å². The molecule has 1 heterocycles. The Bertz CT molecular complexity index is 774. The van der Waals surface area contributed by atoms with Crippen LogP contribution in [0.15, 0.2) is 18.2 Å². The Balaban J connectivity index is 1.99. The Hall–Kier alpha value is -2.49. The van der Waals surface area contributed by atoms with Crippen molar-refractivity contribution in [2.45, 2.75) is 17.9 Å². The van der Waals surface area contributed by atoms with Crippen LogP contribution in [0.1, 0.15) is 12.7 Å². The van der Waals surface area contributed by atoms with Gasteiger partial charge in [-0.05, 0) is 19.1 Å². The largest absolute Gasteiger partial charge is 0.368 e. The summed E-state index contributed by atoms with van der Waals surface area (Å²) in [5.41, 5.74) is 5.44. The van der Waals surface area contributed by atoms with Gasteiger partial charge in [0.1, 0.15) is 17.5 Å². The molecule has 1 amide bonds. The van der Waals surface area contributed by atoms with E-state index in [0.717, 1.165) is 18.2 Å². The molecule has 0 aliphatic heterocycles. The maximum absolute atomic E-state index is 13.6. The lowest BCUT2D eigenvalue weighted by atomic mass is 10.3. The number of nitrogens with zero attached hydrogens (tertiary/aromatic N) is 4. The maximum atomic E-state index is 13.6. The highest BCUT2D eigenvalue weighted by molar-refractivity contribution is 7.99. The molecule has 0 bridgehead atoms. The van der Waals surface area contributed by atoms with Gasteiger partial charge in [0, 0.05) is 20.2 Å². The van der Waals surface area contributed by atoms with Gasteiger partial charge in [-0.3, -0.25) is 4.79 Å². The fraction of sp³-hybridized carbons (Fsp3) is 0.333. The molecule has 0 fully saturated rings. The van der Waals surface area contributed by atoms with Crippen molar-refractivity contribution in [2.24, 2.45) is 0 Å². The first-order valence-corrected chi connectivity index (χ1v) is 8.36. The fourth-order valence-electron chi connectivity index (χ4n) is 1.79. The number of nitrogens with two attached hydrogens (primary N) is 1. The molecule has 0 spiro atoms. The average molecular weight is 368 g/mol. The third-order valence-electron chi connectivity index (χ3n) is 3.11. The third-order valence-corrected chi connectivity index (χ3v) is 4.24. The number of hydrogen-bond donors (Lipinski definition) is 2. The van der Waals surface area contributed by atoms with E-state index in [1.165, 1.54) is 11.8 Å². The Kier molecular flexibility index (Phi) is 6.07. The quantitative estimate of drug-likeness (QED) is 0.805. The Morgan fingerprint density at radius 3 is 2.72 bits per heavy atom. The van der Waals surface area contributed by atoms with Gasteiger partial charge < -0.3 is 16.0 Å². The molecule has 0 aliphatic carbocycles. The summed E-state index contributed by atoms with van der Waals surface area (Å²) in [5, 5.41) is 1.83. The summed E-state index contributed by atoms with van der Waals surface area (Å²) in [4.78, 5) is 26.1. The molecule has 0 saturated heterocycles. The number of halogens is 2. The highest BCUT2D eigenvalue weighted by atomic mass is 32.2. The summed E-state index contributed by atoms with van der Waals surface area (Å²) in [6, 6.07) is 2.87. The van der Waals surface area contributed by atoms with E-state index in [2.05, 4.69) is 20.3 Å². The number of anilines is 3. The molecule has 1 atom stereocenters. The predicted octanol–water partition coefficient (Wildman–Crippen LogP) is 2.06. The van der Waals surface area contributed by atoms with Crippen LogP contribution in [0.25, 0.3) is 0 Å². The van der Waals surface area contributed by atoms with E-state index in [0.29, 0.717) is 17.5 Å². The first kappa shape index (κ1) is 18.8. The minimum absolute atomic E-state index is 0.0910. The maximum Gasteiger partial charge on any atom is 0.237 e. The minimum Gasteiger partial charge on any atom is -0.368 e. The number of carbonyl (C=O) groups is 1. The Morgan fingerprint density at radius 1 is 1.32 bits per heavy atom. The van der Waals surface area contributed by atoms with Gasteiger partial charge in [0.2, 0.25) is 17.8 Å². The molecule has 7 nitrogen and oxygen atoms in total. The topological polar surface area (TPSA) is 97.0 Å². The molecule has 10 heteroatoms. The van der Waals surface area contributed by atoms with Crippen molar-refractivity contribution in [3.63, 3.8) is 0 Å². The summed E-state index contributed by atoms with van der Waals surface area (Å²) in [5.74, 6) is -0.535. The van der Waals surface area contributed by atoms with Crippen molar-refractivity contribution in [3.8, 4) is 0 Å². The van der Waals surface area contributed by atoms with Crippen LogP contribution in [-0.4, -0.2) is 40.2 Å². The lowest BCUT2D eigenvalue weighted by Gasteiger charge is -2.14. The summed E-state index contributed by atoms with van der Waals surface area (Å²) in [7, 11) is 3.55. The van der Waals surface area contributed by atoms with Crippen LogP contribution >= 0.6 is 11.8 Å². The first-order chi connectivity index (χ1) is 11.8. The van der Waals surface area contributed by atoms with Crippen LogP contribution in [0.5, 0.6) is 0 Å². The second-order valence-corrected chi connectivity index (χ2v) is 6.70. The predicted molar refractivity (Wildman–Crippen MR) is 94.3 cm³/mol. The van der Waals surface area contributed by atoms with Gasteiger partial charge in [-0.25, -0.2) is 8.78 Å². The van der Waals surface area contributed by atoms with Gasteiger partial charge >= 0.3 is 0 Å². The van der Waals surface area contributed by atoms with E-state index in [9.17, 15) is 13.6 Å². The van der Waals surface area contributed by atoms with E-state index >= 15 is 0 Å². The summed E-state index contributed by atoms with van der Waals surface area (Å²) in [6.07, 6.45) is 0. The van der Waals surface area contributed by atoms with E-state index in [1.807, 2.05) is 0 Å². The number of carbonyl (C=O) groups excluding carboxylic acids is 1. The highest BCUT2D eigenvalue weighted by Gasteiger charge is 2.17. The van der Waals surface area contributed by atoms with E-state index in [1.54, 1.807) is 25.9 Å². The zero-order valence-electron chi connectivity index (χ0n) is 14.0. The van der Waals surface area contributed by atoms with Crippen LogP contribution in [-0.2, 0) is 10.5 Å². The van der Waals surface area contributed by atoms with Crippen molar-refractivity contribution >= 4 is 35.3 Å². The second kappa shape index (κ2) is 8.06. The lowest BCUT2D eigenvalue weighted by Crippen LogP contribution is -2.23. The van der Waals surface area contributed by atoms with E-state index in [4.69, 9.17) is 5.73 Å². The number of thioether (sulfide) groups is 1. The van der Waals surface area contributed by atoms with Crippen molar-refractivity contribution in [1.29, 1.82) is 0 Å². The SMILES string of the molecule is C[C@@H](SCc1nc(N)nc(N(C)C)n1)C(=O)Nc1cc(F)ccc1F. The number of aromatic nitrogens is 3. The molecule has 0 aliphatic rings. The molecular weight excluding hydrogens is 350 g/mol. The normalized spacial score (nSPS) is 11.9. The van der Waals surface area contributed by atoms with Gasteiger partial charge in [-0.15, -0.1) is 11.8 Å². The van der Waals surface area contributed by atoms with Crippen LogP contribution in [0.3, 0.4) is 0 Å². The van der Waals surface area contributed by atoms with E-state index < -0.39 is 22.8 Å². The van der Waals surface area contributed by atoms with Crippen molar-refractivity contribution < 1.29 is 13.6 Å². The molecule has 1 aromatic carbocycles. The molecule has 3 N–H and O–H groups in total. The van der Waals surface area contributed by atoms with Gasteiger partial charge in [0.05, 0.1) is 16.7 Å². The number of benzene rings is 1. The van der Waals surface area contributed by atoms with Gasteiger partial charge in [0.25, 0.3) is 0 Å². The zero-order valence-corrected chi connectivity index (χ0v) is 14.8. The summed E-state index contributed by atoms with van der Waals surface area (Å²) in [6.45, 7) is 1.65. The standard InChI is InChI=1S/C15H18F2N6OS/c1-8(13(24)19-11-6-9(16)4-5-10(11)17)25-7-12-20-14(18)22-15(21-12)23(2)3/h4-6,8H,7H2,1-3H3,(H,19,24)(H2,18,20,21,22)/t8-/m1/s1. The second-order valence-electron chi connectivity index (χ2n) is 5.37. The monoisotopic (exact) mass is 368 g/mol. The van der Waals surface area contributed by atoms with Gasteiger partial charge in [-0.1, -0.05) is 0 Å². The molecule has 0 radical (unpaired) electrons. The molecule has 2 aromatic rings. The van der Waals surface area contributed by atoms with Crippen molar-refractivity contribution in [1.82, 2.24) is 15.0 Å². The first-order valence-electron chi connectivity index (χ1n) is 7.31. The highest BCUT2D eigenvalue weighted by Crippen LogP contribution is 2.20. The van der Waals surface area contributed by atoms with Crippen molar-refractivity contribution in [2.75, 3.05) is 30.0 Å². The number of rotatable bonds is 6. The molecule has 134 valence electrons. The molecule has 1 aromatic heterocycles. The van der Waals surface area contributed by atoms with Crippen LogP contribution in [0.2, 0.25) is 0 Å². The number of nitrogens with one attached hydrogen (secondary N) is 1. The van der Waals surface area contributed by atoms with E-state index in [-0.39, 0.29) is 11.6 Å². The fourth-order valence-corrected chi connectivity index (χ4v) is 2.53. The molecule has 0 unspecified atom stereocenters. The van der Waals surface area contributed by atoms with Crippen LogP contribution in [0.4, 0.5) is 26.4 Å². The zero-order chi connectivity index (χ0) is 18.6. The molecular formula is C15H18F2N6OS. The molecule has 25 heavy (non-hydrogen) atoms. The Morgan fingerprint density at radius 2 is 2.04 bits per heavy atom. The summed E-state index contributed by atoms with van der Waals surface area (Å²) >= 11 is 1.24. The summed E-state index contributed by atoms with van der Waals surface area (Å²) < 4.78 is 26.7. The molecule has 0 saturated carbocycles. The number of hydrogen-bond acceptors (Lipinski definition) is 7. The average Bonchev–Trinajstić information content (AvgIpc) is 2.55.